The fourth-order valence-electron chi connectivity index (χ4n) is 4.63. The molecule has 1 amide bonds. The van der Waals surface area contributed by atoms with Gasteiger partial charge in [0.25, 0.3) is 0 Å². The topological polar surface area (TPSA) is 77.6 Å². The van der Waals surface area contributed by atoms with Crippen molar-refractivity contribution in [1.82, 2.24) is 24.5 Å². The van der Waals surface area contributed by atoms with Gasteiger partial charge in [-0.1, -0.05) is 6.07 Å². The van der Waals surface area contributed by atoms with E-state index in [2.05, 4.69) is 20.5 Å². The predicted octanol–water partition coefficient (Wildman–Crippen LogP) is 5.75. The lowest BCUT2D eigenvalue weighted by atomic mass is 9.95. The van der Waals surface area contributed by atoms with E-state index in [1.54, 1.807) is 31.4 Å². The molecule has 1 unspecified atom stereocenters. The number of halogens is 4. The van der Waals surface area contributed by atoms with E-state index in [9.17, 15) is 22.4 Å². The molecule has 0 fully saturated rings. The molecule has 12 heteroatoms. The third-order valence-corrected chi connectivity index (χ3v) is 7.54. The molecule has 1 N–H and O–H groups in total. The summed E-state index contributed by atoms with van der Waals surface area (Å²) in [6.07, 6.45) is -1.67. The molecule has 0 spiro atoms. The molecule has 0 radical (unpaired) electrons. The largest absolute Gasteiger partial charge is 0.416 e. The standard InChI is InChI=1S/C26H18F4N6OS/c1-35-25-22(23(34-35)19-4-2-3-9-31-19)24(38-13-21(37)33-25)17-10-14-12-32-36(16-7-5-15(27)6-8-16)20(14)11-18(17)26(28,29)30/h2-12,24H,13H2,1H3,(H,33,37). The number of aryl methyl sites for hydroxylation is 1. The van der Waals surface area contributed by atoms with E-state index in [1.807, 2.05) is 0 Å². The molecular weight excluding hydrogens is 520 g/mol. The van der Waals surface area contributed by atoms with Crippen LogP contribution in [0.1, 0.15) is 21.9 Å². The minimum Gasteiger partial charge on any atom is -0.310 e. The lowest BCUT2D eigenvalue weighted by molar-refractivity contribution is -0.138. The summed E-state index contributed by atoms with van der Waals surface area (Å²) in [5, 5.41) is 11.2. The van der Waals surface area contributed by atoms with Crippen molar-refractivity contribution in [3.8, 4) is 17.1 Å². The number of fused-ring (bicyclic) bond motifs is 2. The Morgan fingerprint density at radius 1 is 1.11 bits per heavy atom. The van der Waals surface area contributed by atoms with Crippen LogP contribution in [0.2, 0.25) is 0 Å². The number of amides is 1. The smallest absolute Gasteiger partial charge is 0.310 e. The number of thioether (sulfide) groups is 1. The highest BCUT2D eigenvalue weighted by atomic mass is 32.2. The number of hydrogen-bond acceptors (Lipinski definition) is 5. The molecule has 1 aliphatic rings. The first-order valence-corrected chi connectivity index (χ1v) is 12.5. The van der Waals surface area contributed by atoms with Crippen molar-refractivity contribution in [2.75, 3.05) is 11.1 Å². The number of hydrogen-bond donors (Lipinski definition) is 1. The zero-order chi connectivity index (χ0) is 26.6. The van der Waals surface area contributed by atoms with Gasteiger partial charge in [-0.3, -0.25) is 14.5 Å². The predicted molar refractivity (Wildman–Crippen MR) is 135 cm³/mol. The second kappa shape index (κ2) is 8.98. The zero-order valence-electron chi connectivity index (χ0n) is 19.7. The van der Waals surface area contributed by atoms with Crippen LogP contribution in [0, 0.1) is 5.82 Å². The highest BCUT2D eigenvalue weighted by molar-refractivity contribution is 8.00. The lowest BCUT2D eigenvalue weighted by Gasteiger charge is -2.21. The summed E-state index contributed by atoms with van der Waals surface area (Å²) in [7, 11) is 1.62. The van der Waals surface area contributed by atoms with Crippen molar-refractivity contribution in [1.29, 1.82) is 0 Å². The SMILES string of the molecule is Cn1nc(-c2ccccn2)c2c1NC(=O)CSC2c1cc2cnn(-c3ccc(F)cc3)c2cc1C(F)(F)F. The summed E-state index contributed by atoms with van der Waals surface area (Å²) in [6.45, 7) is 0. The number of carbonyl (C=O) groups excluding carboxylic acids is 1. The molecule has 5 aromatic rings. The number of anilines is 1. The van der Waals surface area contributed by atoms with E-state index >= 15 is 0 Å². The van der Waals surface area contributed by atoms with Crippen LogP contribution in [0.5, 0.6) is 0 Å². The van der Waals surface area contributed by atoms with E-state index in [-0.39, 0.29) is 22.7 Å². The molecule has 0 saturated heterocycles. The third kappa shape index (κ3) is 4.10. The van der Waals surface area contributed by atoms with Crippen LogP contribution in [0.4, 0.5) is 23.4 Å². The van der Waals surface area contributed by atoms with Gasteiger partial charge < -0.3 is 5.32 Å². The van der Waals surface area contributed by atoms with Gasteiger partial charge in [-0.2, -0.15) is 23.4 Å². The summed E-state index contributed by atoms with van der Waals surface area (Å²) < 4.78 is 60.0. The number of nitrogens with one attached hydrogen (secondary N) is 1. The maximum Gasteiger partial charge on any atom is 0.416 e. The van der Waals surface area contributed by atoms with E-state index in [0.717, 1.165) is 17.8 Å². The number of carbonyl (C=O) groups is 1. The molecule has 0 bridgehead atoms. The Balaban J connectivity index is 1.59. The molecule has 7 nitrogen and oxygen atoms in total. The van der Waals surface area contributed by atoms with Crippen LogP contribution in [0.25, 0.3) is 28.0 Å². The summed E-state index contributed by atoms with van der Waals surface area (Å²) >= 11 is 1.09. The van der Waals surface area contributed by atoms with Crippen molar-refractivity contribution in [2.45, 2.75) is 11.4 Å². The van der Waals surface area contributed by atoms with E-state index in [4.69, 9.17) is 0 Å². The van der Waals surface area contributed by atoms with Crippen molar-refractivity contribution in [3.05, 3.63) is 89.5 Å². The minimum absolute atomic E-state index is 0.0170. The first-order valence-electron chi connectivity index (χ1n) is 11.5. The Bertz CT molecular complexity index is 1680. The highest BCUT2D eigenvalue weighted by Gasteiger charge is 2.40. The Kier molecular flexibility index (Phi) is 5.71. The fourth-order valence-corrected chi connectivity index (χ4v) is 5.78. The molecule has 3 aromatic heterocycles. The van der Waals surface area contributed by atoms with Crippen LogP contribution in [-0.2, 0) is 18.0 Å². The van der Waals surface area contributed by atoms with E-state index < -0.39 is 22.8 Å². The van der Waals surface area contributed by atoms with E-state index in [1.165, 1.54) is 45.9 Å². The van der Waals surface area contributed by atoms with E-state index in [0.29, 0.717) is 33.8 Å². The second-order valence-corrected chi connectivity index (χ2v) is 9.81. The molecule has 4 heterocycles. The van der Waals surface area contributed by atoms with Gasteiger partial charge in [0.1, 0.15) is 17.3 Å². The quantitative estimate of drug-likeness (QED) is 0.296. The Labute approximate surface area is 217 Å². The number of nitrogens with zero attached hydrogens (tertiary/aromatic N) is 5. The highest BCUT2D eigenvalue weighted by Crippen LogP contribution is 2.49. The summed E-state index contributed by atoms with van der Waals surface area (Å²) in [6, 6.07) is 13.1. The second-order valence-electron chi connectivity index (χ2n) is 8.72. The molecule has 38 heavy (non-hydrogen) atoms. The average Bonchev–Trinajstić information content (AvgIpc) is 3.39. The van der Waals surface area contributed by atoms with Gasteiger partial charge in [0.15, 0.2) is 0 Å². The number of pyridine rings is 1. The van der Waals surface area contributed by atoms with Crippen molar-refractivity contribution >= 4 is 34.4 Å². The van der Waals surface area contributed by atoms with Gasteiger partial charge in [-0.15, -0.1) is 11.8 Å². The molecule has 6 rings (SSSR count). The normalized spacial score (nSPS) is 15.8. The van der Waals surface area contributed by atoms with Crippen LogP contribution < -0.4 is 5.32 Å². The number of benzene rings is 2. The number of alkyl halides is 3. The van der Waals surface area contributed by atoms with Gasteiger partial charge in [0.2, 0.25) is 5.91 Å². The Hall–Kier alpha value is -4.19. The van der Waals surface area contributed by atoms with Gasteiger partial charge in [-0.05, 0) is 54.1 Å². The average molecular weight is 539 g/mol. The van der Waals surface area contributed by atoms with Crippen molar-refractivity contribution in [3.63, 3.8) is 0 Å². The van der Waals surface area contributed by atoms with Crippen LogP contribution in [-0.4, -0.2) is 36.2 Å². The Morgan fingerprint density at radius 2 is 1.89 bits per heavy atom. The van der Waals surface area contributed by atoms with Gasteiger partial charge in [-0.25, -0.2) is 9.07 Å². The lowest BCUT2D eigenvalue weighted by Crippen LogP contribution is -2.15. The first kappa shape index (κ1) is 24.2. The summed E-state index contributed by atoms with van der Waals surface area (Å²) in [4.78, 5) is 16.9. The molecule has 1 atom stereocenters. The monoisotopic (exact) mass is 538 g/mol. The molecule has 192 valence electrons. The van der Waals surface area contributed by atoms with Gasteiger partial charge in [0.05, 0.1) is 39.7 Å². The van der Waals surface area contributed by atoms with Crippen molar-refractivity contribution in [2.24, 2.45) is 7.05 Å². The summed E-state index contributed by atoms with van der Waals surface area (Å²) in [5.41, 5.74) is 1.07. The van der Waals surface area contributed by atoms with Crippen LogP contribution in [0.15, 0.2) is 67.0 Å². The van der Waals surface area contributed by atoms with Crippen LogP contribution in [0.3, 0.4) is 0 Å². The van der Waals surface area contributed by atoms with Crippen molar-refractivity contribution < 1.29 is 22.4 Å². The van der Waals surface area contributed by atoms with Gasteiger partial charge in [0, 0.05) is 24.2 Å². The number of rotatable bonds is 3. The molecular formula is C26H18F4N6OS. The maximum absolute atomic E-state index is 14.6. The molecule has 1 aliphatic heterocycles. The third-order valence-electron chi connectivity index (χ3n) is 6.29. The minimum atomic E-state index is -4.71. The molecule has 0 aliphatic carbocycles. The maximum atomic E-state index is 14.6. The molecule has 0 saturated carbocycles. The summed E-state index contributed by atoms with van der Waals surface area (Å²) in [5.74, 6) is -0.535. The Morgan fingerprint density at radius 3 is 2.61 bits per heavy atom. The van der Waals surface area contributed by atoms with Crippen LogP contribution >= 0.6 is 11.8 Å². The number of aromatic nitrogens is 5. The molecule has 2 aromatic carbocycles. The zero-order valence-corrected chi connectivity index (χ0v) is 20.5. The van der Waals surface area contributed by atoms with Gasteiger partial charge >= 0.3 is 6.18 Å². The first-order chi connectivity index (χ1) is 18.2. The fraction of sp³-hybridized carbons (Fsp3) is 0.154.